The summed E-state index contributed by atoms with van der Waals surface area (Å²) >= 11 is 0. The third kappa shape index (κ3) is 4.84. The number of esters is 1. The number of piperidine rings is 1. The Morgan fingerprint density at radius 1 is 1.15 bits per heavy atom. The van der Waals surface area contributed by atoms with Crippen LogP contribution in [-0.4, -0.2) is 65.4 Å². The Morgan fingerprint density at radius 2 is 1.91 bits per heavy atom. The number of ether oxygens (including phenoxy) is 2. The zero-order valence-electron chi connectivity index (χ0n) is 19.1. The number of anilines is 1. The van der Waals surface area contributed by atoms with Gasteiger partial charge in [-0.2, -0.15) is 13.2 Å². The van der Waals surface area contributed by atoms with Gasteiger partial charge in [-0.1, -0.05) is 0 Å². The van der Waals surface area contributed by atoms with E-state index in [1.807, 2.05) is 4.90 Å². The molecule has 34 heavy (non-hydrogen) atoms. The maximum atomic E-state index is 13.3. The van der Waals surface area contributed by atoms with Crippen molar-refractivity contribution < 1.29 is 32.2 Å². The molecule has 1 aromatic heterocycles. The topological polar surface area (TPSA) is 84.9 Å². The summed E-state index contributed by atoms with van der Waals surface area (Å²) < 4.78 is 50.8. The molecule has 0 aliphatic carbocycles. The fraction of sp³-hybridized carbons (Fsp3) is 0.478. The van der Waals surface area contributed by atoms with Gasteiger partial charge in [0.15, 0.2) is 5.82 Å². The van der Waals surface area contributed by atoms with Crippen LogP contribution in [0, 0.1) is 6.92 Å². The van der Waals surface area contributed by atoms with Gasteiger partial charge in [0.1, 0.15) is 5.75 Å². The van der Waals surface area contributed by atoms with Crippen LogP contribution in [0.1, 0.15) is 31.4 Å². The third-order valence-corrected chi connectivity index (χ3v) is 6.11. The smallest absolute Gasteiger partial charge is 0.416 e. The Hall–Kier alpha value is -3.21. The van der Waals surface area contributed by atoms with Crippen LogP contribution in [0.15, 0.2) is 24.3 Å². The molecule has 4 rings (SSSR count). The normalized spacial score (nSPS) is 20.6. The van der Waals surface area contributed by atoms with Crippen molar-refractivity contribution in [2.75, 3.05) is 31.1 Å². The number of hydrogen-bond acceptors (Lipinski definition) is 7. The number of alkyl halides is 3. The van der Waals surface area contributed by atoms with Crippen LogP contribution in [0.25, 0.3) is 11.3 Å². The lowest BCUT2D eigenvalue weighted by atomic mass is 9.98. The molecule has 0 radical (unpaired) electrons. The van der Waals surface area contributed by atoms with Gasteiger partial charge in [-0.05, 0) is 43.2 Å². The minimum Gasteiger partial charge on any atom is -0.426 e. The molecule has 2 aromatic rings. The van der Waals surface area contributed by atoms with Crippen molar-refractivity contribution in [3.63, 3.8) is 0 Å². The fourth-order valence-corrected chi connectivity index (χ4v) is 4.54. The Bertz CT molecular complexity index is 1090. The summed E-state index contributed by atoms with van der Waals surface area (Å²) in [4.78, 5) is 27.3. The number of aromatic nitrogens is 2. The summed E-state index contributed by atoms with van der Waals surface area (Å²) in [5.74, 6) is -0.388. The van der Waals surface area contributed by atoms with Gasteiger partial charge in [0.05, 0.1) is 30.0 Å². The van der Waals surface area contributed by atoms with Gasteiger partial charge >= 0.3 is 12.1 Å². The van der Waals surface area contributed by atoms with Crippen molar-refractivity contribution in [1.29, 1.82) is 0 Å². The number of aryl methyl sites for hydroxylation is 1. The zero-order chi connectivity index (χ0) is 24.6. The largest absolute Gasteiger partial charge is 0.426 e. The molecule has 182 valence electrons. The average Bonchev–Trinajstić information content (AvgIpc) is 2.77. The Kier molecular flexibility index (Phi) is 6.48. The molecule has 1 aromatic carbocycles. The summed E-state index contributed by atoms with van der Waals surface area (Å²) in [6, 6.07) is 5.08. The van der Waals surface area contributed by atoms with Gasteiger partial charge in [0.25, 0.3) is 0 Å². The number of likely N-dealkylation sites (tertiary alicyclic amines) is 1. The number of hydrogen-bond donors (Lipinski definition) is 0. The third-order valence-electron chi connectivity index (χ3n) is 6.11. The second-order valence-electron chi connectivity index (χ2n) is 8.46. The quantitative estimate of drug-likeness (QED) is 0.495. The first-order valence-corrected chi connectivity index (χ1v) is 10.9. The molecule has 2 fully saturated rings. The van der Waals surface area contributed by atoms with Crippen molar-refractivity contribution in [3.05, 3.63) is 35.4 Å². The number of rotatable bonds is 3. The van der Waals surface area contributed by atoms with E-state index in [1.54, 1.807) is 17.0 Å². The molecule has 2 aliphatic heterocycles. The molecule has 0 bridgehead atoms. The number of amides is 1. The van der Waals surface area contributed by atoms with Crippen LogP contribution in [0.3, 0.4) is 0 Å². The SMILES string of the molecule is CC(=O)Oc1cc(C(F)(F)F)cc(C)c1-c1ccc(N2CCO[C@@H]3CCN(C(C)=O)C[C@@H]32)nn1. The minimum absolute atomic E-state index is 0.00110. The van der Waals surface area contributed by atoms with E-state index < -0.39 is 17.7 Å². The van der Waals surface area contributed by atoms with E-state index in [-0.39, 0.29) is 40.6 Å². The summed E-state index contributed by atoms with van der Waals surface area (Å²) in [5.41, 5.74) is -0.113. The van der Waals surface area contributed by atoms with E-state index in [1.165, 1.54) is 13.8 Å². The van der Waals surface area contributed by atoms with Gasteiger partial charge in [-0.25, -0.2) is 0 Å². The van der Waals surface area contributed by atoms with Gasteiger partial charge in [-0.3, -0.25) is 9.59 Å². The standard InChI is InChI=1S/C23H25F3N4O4/c1-13-10-16(23(24,25)26)11-20(34-15(3)32)22(13)17-4-5-21(28-27-17)30-8-9-33-19-6-7-29(14(2)31)12-18(19)30/h4-5,10-11,18-19H,6-9,12H2,1-3H3/t18-,19+/m0/s1. The van der Waals surface area contributed by atoms with Gasteiger partial charge in [0, 0.05) is 39.0 Å². The highest BCUT2D eigenvalue weighted by molar-refractivity contribution is 5.78. The molecule has 8 nitrogen and oxygen atoms in total. The number of carbonyl (C=O) groups excluding carboxylic acids is 2. The summed E-state index contributed by atoms with van der Waals surface area (Å²) in [6.07, 6.45) is -3.89. The predicted molar refractivity (Wildman–Crippen MR) is 116 cm³/mol. The highest BCUT2D eigenvalue weighted by atomic mass is 19.4. The molecular weight excluding hydrogens is 453 g/mol. The van der Waals surface area contributed by atoms with Gasteiger partial charge in [0.2, 0.25) is 5.91 Å². The van der Waals surface area contributed by atoms with Crippen molar-refractivity contribution in [2.24, 2.45) is 0 Å². The number of nitrogens with zero attached hydrogens (tertiary/aromatic N) is 4. The van der Waals surface area contributed by atoms with Crippen LogP contribution >= 0.6 is 0 Å². The Labute approximate surface area is 194 Å². The molecular formula is C23H25F3N4O4. The minimum atomic E-state index is -4.59. The molecule has 1 amide bonds. The maximum Gasteiger partial charge on any atom is 0.416 e. The van der Waals surface area contributed by atoms with Crippen molar-refractivity contribution in [2.45, 2.75) is 45.5 Å². The van der Waals surface area contributed by atoms with Crippen LogP contribution in [-0.2, 0) is 20.5 Å². The summed E-state index contributed by atoms with van der Waals surface area (Å²) in [7, 11) is 0. The monoisotopic (exact) mass is 478 g/mol. The average molecular weight is 478 g/mol. The van der Waals surface area contributed by atoms with E-state index in [0.29, 0.717) is 32.1 Å². The molecule has 3 heterocycles. The van der Waals surface area contributed by atoms with E-state index in [4.69, 9.17) is 9.47 Å². The first-order valence-electron chi connectivity index (χ1n) is 10.9. The second kappa shape index (κ2) is 9.21. The Balaban J connectivity index is 1.66. The number of morpholine rings is 1. The second-order valence-corrected chi connectivity index (χ2v) is 8.46. The van der Waals surface area contributed by atoms with Gasteiger partial charge < -0.3 is 19.3 Å². The molecule has 2 aliphatic rings. The van der Waals surface area contributed by atoms with Crippen LogP contribution in [0.5, 0.6) is 5.75 Å². The van der Waals surface area contributed by atoms with Crippen molar-refractivity contribution >= 4 is 17.7 Å². The molecule has 0 unspecified atom stereocenters. The van der Waals surface area contributed by atoms with Crippen LogP contribution in [0.2, 0.25) is 0 Å². The van der Waals surface area contributed by atoms with Crippen molar-refractivity contribution in [3.8, 4) is 17.0 Å². The lowest BCUT2D eigenvalue weighted by Crippen LogP contribution is -2.61. The highest BCUT2D eigenvalue weighted by Gasteiger charge is 2.38. The molecule has 0 spiro atoms. The van der Waals surface area contributed by atoms with Crippen LogP contribution < -0.4 is 9.64 Å². The number of fused-ring (bicyclic) bond motifs is 1. The molecule has 0 saturated carbocycles. The predicted octanol–water partition coefficient (Wildman–Crippen LogP) is 3.22. The van der Waals surface area contributed by atoms with E-state index in [9.17, 15) is 22.8 Å². The summed E-state index contributed by atoms with van der Waals surface area (Å²) in [5, 5.41) is 8.58. The maximum absolute atomic E-state index is 13.3. The van der Waals surface area contributed by atoms with Gasteiger partial charge in [-0.15, -0.1) is 10.2 Å². The van der Waals surface area contributed by atoms with Crippen molar-refractivity contribution in [1.82, 2.24) is 15.1 Å². The zero-order valence-corrected chi connectivity index (χ0v) is 19.1. The van der Waals surface area contributed by atoms with E-state index >= 15 is 0 Å². The molecule has 2 saturated heterocycles. The van der Waals surface area contributed by atoms with E-state index in [0.717, 1.165) is 25.5 Å². The lowest BCUT2D eigenvalue weighted by Gasteiger charge is -2.47. The lowest BCUT2D eigenvalue weighted by molar-refractivity contribution is -0.138. The molecule has 11 heteroatoms. The number of benzene rings is 1. The molecule has 2 atom stereocenters. The highest BCUT2D eigenvalue weighted by Crippen LogP contribution is 2.39. The number of halogens is 3. The van der Waals surface area contributed by atoms with E-state index in [2.05, 4.69) is 10.2 Å². The first kappa shape index (κ1) is 23.9. The fourth-order valence-electron chi connectivity index (χ4n) is 4.54. The summed E-state index contributed by atoms with van der Waals surface area (Å²) in [6.45, 7) is 6.39. The Morgan fingerprint density at radius 3 is 2.53 bits per heavy atom. The molecule has 0 N–H and O–H groups in total. The first-order chi connectivity index (χ1) is 16.0. The number of carbonyl (C=O) groups is 2. The van der Waals surface area contributed by atoms with Crippen LogP contribution in [0.4, 0.5) is 19.0 Å².